The molecule has 2 rings (SSSR count). The molecule has 0 unspecified atom stereocenters. The van der Waals surface area contributed by atoms with Gasteiger partial charge in [0.25, 0.3) is 0 Å². The van der Waals surface area contributed by atoms with Gasteiger partial charge in [-0.3, -0.25) is 0 Å². The molecule has 0 radical (unpaired) electrons. The van der Waals surface area contributed by atoms with Gasteiger partial charge in [0.1, 0.15) is 5.82 Å². The molecule has 0 bridgehead atoms. The molecular formula is C13H9BrCl2FN. The topological polar surface area (TPSA) is 12.0 Å². The third-order valence-corrected chi connectivity index (χ3v) is 3.78. The molecule has 0 aromatic heterocycles. The summed E-state index contributed by atoms with van der Waals surface area (Å²) in [5, 5.41) is 4.15. The molecule has 0 aliphatic heterocycles. The minimum atomic E-state index is -0.297. The van der Waals surface area contributed by atoms with E-state index in [0.717, 1.165) is 5.56 Å². The normalized spacial score (nSPS) is 10.4. The number of hydrogen-bond acceptors (Lipinski definition) is 1. The van der Waals surface area contributed by atoms with E-state index in [1.54, 1.807) is 24.3 Å². The number of nitrogens with one attached hydrogen (secondary N) is 1. The summed E-state index contributed by atoms with van der Waals surface area (Å²) in [6.07, 6.45) is 0. The largest absolute Gasteiger partial charge is 0.381 e. The van der Waals surface area contributed by atoms with Crippen LogP contribution >= 0.6 is 39.1 Å². The van der Waals surface area contributed by atoms with Crippen LogP contribution in [-0.4, -0.2) is 0 Å². The van der Waals surface area contributed by atoms with Crippen LogP contribution in [0.5, 0.6) is 0 Å². The molecule has 1 N–H and O–H groups in total. The minimum Gasteiger partial charge on any atom is -0.381 e. The van der Waals surface area contributed by atoms with Gasteiger partial charge in [-0.1, -0.05) is 29.3 Å². The smallest absolute Gasteiger partial charge is 0.139 e. The number of rotatable bonds is 3. The second kappa shape index (κ2) is 5.91. The average molecular weight is 349 g/mol. The van der Waals surface area contributed by atoms with Gasteiger partial charge in [0.15, 0.2) is 0 Å². The lowest BCUT2D eigenvalue weighted by Crippen LogP contribution is -1.99. The van der Waals surface area contributed by atoms with Crippen molar-refractivity contribution >= 4 is 44.8 Å². The molecule has 5 heteroatoms. The summed E-state index contributed by atoms with van der Waals surface area (Å²) in [6, 6.07) is 10.3. The van der Waals surface area contributed by atoms with Gasteiger partial charge in [-0.15, -0.1) is 0 Å². The van der Waals surface area contributed by atoms with Crippen LogP contribution in [0, 0.1) is 5.82 Å². The van der Waals surface area contributed by atoms with E-state index in [1.807, 2.05) is 6.07 Å². The third-order valence-electron chi connectivity index (χ3n) is 2.40. The lowest BCUT2D eigenvalue weighted by Gasteiger charge is -2.08. The summed E-state index contributed by atoms with van der Waals surface area (Å²) >= 11 is 14.9. The van der Waals surface area contributed by atoms with Crippen LogP contribution in [0.1, 0.15) is 5.56 Å². The van der Waals surface area contributed by atoms with Crippen molar-refractivity contribution in [3.05, 3.63) is 62.3 Å². The highest BCUT2D eigenvalue weighted by Gasteiger charge is 2.02. The Bertz CT molecular complexity index is 523. The molecule has 0 atom stereocenters. The van der Waals surface area contributed by atoms with E-state index in [1.165, 1.54) is 6.07 Å². The Morgan fingerprint density at radius 3 is 2.50 bits per heavy atom. The van der Waals surface area contributed by atoms with Crippen LogP contribution < -0.4 is 5.32 Å². The Morgan fingerprint density at radius 1 is 1.06 bits per heavy atom. The SMILES string of the molecule is Fc1cc(NCc2ccc(Cl)c(Cl)c2)ccc1Br. The quantitative estimate of drug-likeness (QED) is 0.771. The molecule has 1 nitrogen and oxygen atoms in total. The lowest BCUT2D eigenvalue weighted by molar-refractivity contribution is 0.621. The second-order valence-corrected chi connectivity index (χ2v) is 5.40. The zero-order valence-electron chi connectivity index (χ0n) is 9.18. The highest BCUT2D eigenvalue weighted by Crippen LogP contribution is 2.24. The molecule has 0 aliphatic rings. The molecule has 0 amide bonds. The summed E-state index contributed by atoms with van der Waals surface area (Å²) in [6.45, 7) is 0.554. The van der Waals surface area contributed by atoms with Crippen molar-refractivity contribution in [1.29, 1.82) is 0 Å². The maximum atomic E-state index is 13.3. The Labute approximate surface area is 123 Å². The van der Waals surface area contributed by atoms with Crippen LogP contribution in [0.2, 0.25) is 10.0 Å². The van der Waals surface area contributed by atoms with Crippen molar-refractivity contribution < 1.29 is 4.39 Å². The molecule has 0 saturated carbocycles. The highest BCUT2D eigenvalue weighted by molar-refractivity contribution is 9.10. The van der Waals surface area contributed by atoms with Gasteiger partial charge in [0, 0.05) is 12.2 Å². The monoisotopic (exact) mass is 347 g/mol. The Morgan fingerprint density at radius 2 is 1.83 bits per heavy atom. The molecule has 18 heavy (non-hydrogen) atoms. The fourth-order valence-corrected chi connectivity index (χ4v) is 2.03. The van der Waals surface area contributed by atoms with Gasteiger partial charge in [0.2, 0.25) is 0 Å². The molecule has 2 aromatic rings. The molecular weight excluding hydrogens is 340 g/mol. The Kier molecular flexibility index (Phi) is 4.49. The van der Waals surface area contributed by atoms with Crippen LogP contribution in [0.25, 0.3) is 0 Å². The summed E-state index contributed by atoms with van der Waals surface area (Å²) in [7, 11) is 0. The zero-order valence-corrected chi connectivity index (χ0v) is 12.3. The first kappa shape index (κ1) is 13.7. The van der Waals surface area contributed by atoms with Gasteiger partial charge in [-0.25, -0.2) is 4.39 Å². The summed E-state index contributed by atoms with van der Waals surface area (Å²) in [5.41, 5.74) is 1.69. The predicted molar refractivity (Wildman–Crippen MR) is 77.9 cm³/mol. The van der Waals surface area contributed by atoms with Crippen LogP contribution in [-0.2, 0) is 6.54 Å². The van der Waals surface area contributed by atoms with E-state index in [-0.39, 0.29) is 5.82 Å². The molecule has 94 valence electrons. The summed E-state index contributed by atoms with van der Waals surface area (Å²) < 4.78 is 13.7. The molecule has 0 aliphatic carbocycles. The maximum Gasteiger partial charge on any atom is 0.139 e. The van der Waals surface area contributed by atoms with Gasteiger partial charge < -0.3 is 5.32 Å². The van der Waals surface area contributed by atoms with E-state index >= 15 is 0 Å². The van der Waals surface area contributed by atoms with Crippen molar-refractivity contribution in [2.45, 2.75) is 6.54 Å². The standard InChI is InChI=1S/C13H9BrCl2FN/c14-10-3-2-9(6-13(10)17)18-7-8-1-4-11(15)12(16)5-8/h1-6,18H,7H2. The molecule has 0 spiro atoms. The maximum absolute atomic E-state index is 13.3. The number of benzene rings is 2. The molecule has 0 fully saturated rings. The summed E-state index contributed by atoms with van der Waals surface area (Å²) in [4.78, 5) is 0. The van der Waals surface area contributed by atoms with Crippen molar-refractivity contribution in [3.8, 4) is 0 Å². The van der Waals surface area contributed by atoms with Crippen molar-refractivity contribution in [2.75, 3.05) is 5.32 Å². The molecule has 2 aromatic carbocycles. The van der Waals surface area contributed by atoms with Crippen LogP contribution in [0.4, 0.5) is 10.1 Å². The summed E-state index contributed by atoms with van der Waals surface area (Å²) in [5.74, 6) is -0.297. The van der Waals surface area contributed by atoms with E-state index in [4.69, 9.17) is 23.2 Å². The van der Waals surface area contributed by atoms with Gasteiger partial charge in [-0.2, -0.15) is 0 Å². The second-order valence-electron chi connectivity index (χ2n) is 3.73. The van der Waals surface area contributed by atoms with Crippen molar-refractivity contribution in [3.63, 3.8) is 0 Å². The highest BCUT2D eigenvalue weighted by atomic mass is 79.9. The van der Waals surface area contributed by atoms with Crippen molar-refractivity contribution in [1.82, 2.24) is 0 Å². The number of halogens is 4. The fourth-order valence-electron chi connectivity index (χ4n) is 1.46. The predicted octanol–water partition coefficient (Wildman–Crippen LogP) is 5.51. The first-order chi connectivity index (χ1) is 8.56. The Balaban J connectivity index is 2.06. The Hall–Kier alpha value is -0.770. The number of anilines is 1. The first-order valence-corrected chi connectivity index (χ1v) is 6.74. The van der Waals surface area contributed by atoms with Crippen LogP contribution in [0.15, 0.2) is 40.9 Å². The number of hydrogen-bond donors (Lipinski definition) is 1. The van der Waals surface area contributed by atoms with Crippen LogP contribution in [0.3, 0.4) is 0 Å². The minimum absolute atomic E-state index is 0.297. The first-order valence-electron chi connectivity index (χ1n) is 5.19. The molecule has 0 saturated heterocycles. The van der Waals surface area contributed by atoms with Gasteiger partial charge in [-0.05, 0) is 51.8 Å². The third kappa shape index (κ3) is 3.37. The fraction of sp³-hybridized carbons (Fsp3) is 0.0769. The van der Waals surface area contributed by atoms with Crippen molar-refractivity contribution in [2.24, 2.45) is 0 Å². The van der Waals surface area contributed by atoms with E-state index in [9.17, 15) is 4.39 Å². The van der Waals surface area contributed by atoms with Gasteiger partial charge >= 0.3 is 0 Å². The average Bonchev–Trinajstić information content (AvgIpc) is 2.35. The lowest BCUT2D eigenvalue weighted by atomic mass is 10.2. The van der Waals surface area contributed by atoms with E-state index in [2.05, 4.69) is 21.2 Å². The van der Waals surface area contributed by atoms with Gasteiger partial charge in [0.05, 0.1) is 14.5 Å². The van der Waals surface area contributed by atoms with E-state index < -0.39 is 0 Å². The zero-order chi connectivity index (χ0) is 13.1. The van der Waals surface area contributed by atoms with E-state index in [0.29, 0.717) is 26.8 Å². The molecule has 0 heterocycles.